The Hall–Kier alpha value is -2.12. The summed E-state index contributed by atoms with van der Waals surface area (Å²) in [5.41, 5.74) is -0.646. The van der Waals surface area contributed by atoms with Gasteiger partial charge >= 0.3 is 10.1 Å². The third-order valence-electron chi connectivity index (χ3n) is 2.46. The Bertz CT molecular complexity index is 622. The van der Waals surface area contributed by atoms with E-state index in [-0.39, 0.29) is 0 Å². The molecule has 6 nitrogen and oxygen atoms in total. The molecule has 0 fully saturated rings. The second-order valence-electron chi connectivity index (χ2n) is 3.87. The Balaban J connectivity index is 2.24. The van der Waals surface area contributed by atoms with Gasteiger partial charge in [-0.15, -0.1) is 0 Å². The summed E-state index contributed by atoms with van der Waals surface area (Å²) in [6.45, 7) is 0. The summed E-state index contributed by atoms with van der Waals surface area (Å²) < 4.78 is 31.4. The minimum absolute atomic E-state index is 0.577. The number of amides is 1. The summed E-state index contributed by atoms with van der Waals surface area (Å²) in [7, 11) is -4.42. The zero-order valence-electron chi connectivity index (χ0n) is 9.80. The molecule has 19 heavy (non-hydrogen) atoms. The zero-order valence-corrected chi connectivity index (χ0v) is 10.6. The summed E-state index contributed by atoms with van der Waals surface area (Å²) >= 11 is 0. The monoisotopic (exact) mass is 280 g/mol. The summed E-state index contributed by atoms with van der Waals surface area (Å²) in [6.07, 6.45) is 5.59. The first-order valence-electron chi connectivity index (χ1n) is 5.42. The number of carbonyl (C=O) groups is 1. The molecule has 0 saturated carbocycles. The predicted octanol–water partition coefficient (Wildman–Crippen LogP) is 0.774. The van der Waals surface area contributed by atoms with Crippen molar-refractivity contribution >= 4 is 22.1 Å². The van der Waals surface area contributed by atoms with Gasteiger partial charge in [0.05, 0.1) is 0 Å². The van der Waals surface area contributed by atoms with Crippen LogP contribution in [0.3, 0.4) is 0 Å². The summed E-state index contributed by atoms with van der Waals surface area (Å²) in [5, 5.41) is 2.15. The van der Waals surface area contributed by atoms with Crippen molar-refractivity contribution in [2.24, 2.45) is 0 Å². The lowest BCUT2D eigenvalue weighted by molar-refractivity contribution is -0.118. The zero-order chi connectivity index (χ0) is 13.9. The topological polar surface area (TPSA) is 86.7 Å². The maximum atomic E-state index is 11.2. The number of nitrogens with zero attached hydrogens (tertiary/aromatic N) is 1. The van der Waals surface area contributed by atoms with Crippen LogP contribution >= 0.6 is 0 Å². The van der Waals surface area contributed by atoms with E-state index in [0.29, 0.717) is 0 Å². The van der Waals surface area contributed by atoms with Crippen LogP contribution in [-0.4, -0.2) is 29.3 Å². The Labute approximate surface area is 110 Å². The molecule has 0 spiro atoms. The van der Waals surface area contributed by atoms with Gasteiger partial charge < -0.3 is 10.2 Å². The second-order valence-corrected chi connectivity index (χ2v) is 5.34. The van der Waals surface area contributed by atoms with E-state index in [1.54, 1.807) is 6.08 Å². The highest BCUT2D eigenvalue weighted by Gasteiger charge is 2.30. The molecule has 1 amide bonds. The van der Waals surface area contributed by atoms with Gasteiger partial charge in [0.1, 0.15) is 0 Å². The van der Waals surface area contributed by atoms with Crippen LogP contribution in [-0.2, 0) is 14.9 Å². The number of hydrogen-bond donors (Lipinski definition) is 2. The largest absolute Gasteiger partial charge is 0.319 e. The second kappa shape index (κ2) is 5.25. The molecule has 2 rings (SSSR count). The van der Waals surface area contributed by atoms with Crippen molar-refractivity contribution in [1.82, 2.24) is 10.2 Å². The van der Waals surface area contributed by atoms with Gasteiger partial charge in [0, 0.05) is 18.5 Å². The molecule has 1 aromatic carbocycles. The van der Waals surface area contributed by atoms with Crippen LogP contribution < -0.4 is 5.32 Å². The number of benzene rings is 1. The molecule has 1 aliphatic rings. The van der Waals surface area contributed by atoms with Crippen LogP contribution in [0.25, 0.3) is 6.08 Å². The molecule has 100 valence electrons. The van der Waals surface area contributed by atoms with Crippen LogP contribution in [0.1, 0.15) is 5.56 Å². The average molecular weight is 280 g/mol. The van der Waals surface area contributed by atoms with E-state index in [2.05, 4.69) is 5.32 Å². The van der Waals surface area contributed by atoms with Crippen LogP contribution in [0.15, 0.2) is 48.8 Å². The van der Waals surface area contributed by atoms with Crippen molar-refractivity contribution in [3.8, 4) is 0 Å². The standard InChI is InChI=1S/C12H12N2O4S/c15-11-7-9-14(12(13-11)19(16,17)18)8-6-10-4-2-1-3-5-10/h1-9,12H,(H,13,15)(H,16,17,18). The van der Waals surface area contributed by atoms with Crippen molar-refractivity contribution in [2.75, 3.05) is 0 Å². The van der Waals surface area contributed by atoms with E-state index >= 15 is 0 Å². The number of carbonyl (C=O) groups excluding carboxylic acids is 1. The highest BCUT2D eigenvalue weighted by atomic mass is 32.2. The third-order valence-corrected chi connectivity index (χ3v) is 3.38. The molecule has 7 heteroatoms. The van der Waals surface area contributed by atoms with Gasteiger partial charge in [0.25, 0.3) is 0 Å². The van der Waals surface area contributed by atoms with E-state index in [1.165, 1.54) is 23.4 Å². The van der Waals surface area contributed by atoms with E-state index in [1.807, 2.05) is 30.3 Å². The van der Waals surface area contributed by atoms with E-state index < -0.39 is 21.5 Å². The first-order chi connectivity index (χ1) is 8.97. The van der Waals surface area contributed by atoms with E-state index in [9.17, 15) is 13.2 Å². The number of rotatable bonds is 3. The Morgan fingerprint density at radius 1 is 1.26 bits per heavy atom. The lowest BCUT2D eigenvalue weighted by Crippen LogP contribution is -2.50. The minimum Gasteiger partial charge on any atom is -0.319 e. The molecule has 0 radical (unpaired) electrons. The first-order valence-corrected chi connectivity index (χ1v) is 6.93. The van der Waals surface area contributed by atoms with Crippen molar-refractivity contribution in [3.05, 3.63) is 54.4 Å². The highest BCUT2D eigenvalue weighted by Crippen LogP contribution is 2.11. The Morgan fingerprint density at radius 3 is 2.58 bits per heavy atom. The van der Waals surface area contributed by atoms with Gasteiger partial charge in [-0.1, -0.05) is 30.3 Å². The summed E-state index contributed by atoms with van der Waals surface area (Å²) in [6, 6.07) is 9.22. The Morgan fingerprint density at radius 2 is 1.95 bits per heavy atom. The van der Waals surface area contributed by atoms with Gasteiger partial charge in [0.15, 0.2) is 0 Å². The van der Waals surface area contributed by atoms with Gasteiger partial charge in [-0.05, 0) is 11.6 Å². The maximum Gasteiger partial charge on any atom is 0.306 e. The van der Waals surface area contributed by atoms with Crippen molar-refractivity contribution in [2.45, 2.75) is 5.50 Å². The third kappa shape index (κ3) is 3.43. The first kappa shape index (κ1) is 13.3. The summed E-state index contributed by atoms with van der Waals surface area (Å²) in [5.74, 6) is -0.577. The van der Waals surface area contributed by atoms with Crippen LogP contribution in [0, 0.1) is 0 Å². The van der Waals surface area contributed by atoms with Gasteiger partial charge in [0.2, 0.25) is 11.4 Å². The molecular formula is C12H12N2O4S. The lowest BCUT2D eigenvalue weighted by Gasteiger charge is -2.28. The van der Waals surface area contributed by atoms with E-state index in [4.69, 9.17) is 4.55 Å². The number of hydrogen-bond acceptors (Lipinski definition) is 4. The Kier molecular flexibility index (Phi) is 3.68. The van der Waals surface area contributed by atoms with Crippen molar-refractivity contribution < 1.29 is 17.8 Å². The quantitative estimate of drug-likeness (QED) is 0.799. The van der Waals surface area contributed by atoms with Crippen LogP contribution in [0.2, 0.25) is 0 Å². The predicted molar refractivity (Wildman–Crippen MR) is 69.9 cm³/mol. The fourth-order valence-electron chi connectivity index (χ4n) is 1.57. The molecule has 2 N–H and O–H groups in total. The highest BCUT2D eigenvalue weighted by molar-refractivity contribution is 7.86. The molecule has 1 atom stereocenters. The van der Waals surface area contributed by atoms with Crippen LogP contribution in [0.5, 0.6) is 0 Å². The number of nitrogens with one attached hydrogen (secondary N) is 1. The SMILES string of the molecule is O=C1C=CN(C=Cc2ccccc2)C(S(=O)(=O)O)N1. The molecule has 1 unspecified atom stereocenters. The molecule has 1 heterocycles. The van der Waals surface area contributed by atoms with Gasteiger partial charge in [-0.25, -0.2) is 0 Å². The average Bonchev–Trinajstić information content (AvgIpc) is 2.37. The smallest absolute Gasteiger partial charge is 0.306 e. The molecule has 0 aromatic heterocycles. The molecule has 0 saturated heterocycles. The molecule has 1 aliphatic heterocycles. The van der Waals surface area contributed by atoms with E-state index in [0.717, 1.165) is 5.56 Å². The molecular weight excluding hydrogens is 268 g/mol. The fraction of sp³-hybridized carbons (Fsp3) is 0.0833. The lowest BCUT2D eigenvalue weighted by atomic mass is 10.2. The normalized spacial score (nSPS) is 19.7. The summed E-state index contributed by atoms with van der Waals surface area (Å²) in [4.78, 5) is 12.3. The fourth-order valence-corrected chi connectivity index (χ4v) is 2.28. The van der Waals surface area contributed by atoms with Crippen molar-refractivity contribution in [1.29, 1.82) is 0 Å². The molecule has 0 bridgehead atoms. The van der Waals surface area contributed by atoms with Gasteiger partial charge in [-0.2, -0.15) is 8.42 Å². The molecule has 0 aliphatic carbocycles. The minimum atomic E-state index is -4.42. The van der Waals surface area contributed by atoms with Gasteiger partial charge in [-0.3, -0.25) is 9.35 Å². The van der Waals surface area contributed by atoms with Crippen molar-refractivity contribution in [3.63, 3.8) is 0 Å². The maximum absolute atomic E-state index is 11.2. The van der Waals surface area contributed by atoms with Crippen LogP contribution in [0.4, 0.5) is 0 Å². The molecule has 1 aromatic rings.